The summed E-state index contributed by atoms with van der Waals surface area (Å²) in [5.74, 6) is -2.33. The van der Waals surface area contributed by atoms with E-state index in [2.05, 4.69) is 5.32 Å². The van der Waals surface area contributed by atoms with Gasteiger partial charge in [0.2, 0.25) is 0 Å². The van der Waals surface area contributed by atoms with E-state index in [-0.39, 0.29) is 11.4 Å². The Balaban J connectivity index is 2.09. The molecule has 2 rings (SSSR count). The molecule has 0 heterocycles. The zero-order valence-electron chi connectivity index (χ0n) is 12.9. The summed E-state index contributed by atoms with van der Waals surface area (Å²) in [7, 11) is 0. The third kappa shape index (κ3) is 3.83. The number of ether oxygens (including phenoxy) is 1. The highest BCUT2D eigenvalue weighted by Gasteiger charge is 2.19. The second-order valence-corrected chi connectivity index (χ2v) is 5.05. The number of aryl methyl sites for hydroxylation is 1. The van der Waals surface area contributed by atoms with Gasteiger partial charge in [0, 0.05) is 11.6 Å². The summed E-state index contributed by atoms with van der Waals surface area (Å²) < 4.78 is 32.4. The molecule has 1 N–H and O–H groups in total. The van der Waals surface area contributed by atoms with Crippen molar-refractivity contribution in [2.24, 2.45) is 0 Å². The molecule has 0 saturated heterocycles. The molecule has 0 aliphatic rings. The van der Waals surface area contributed by atoms with Crippen molar-refractivity contribution in [1.29, 1.82) is 0 Å². The van der Waals surface area contributed by atoms with Crippen LogP contribution < -0.4 is 10.1 Å². The number of rotatable bonds is 5. The van der Waals surface area contributed by atoms with Gasteiger partial charge in [0.1, 0.15) is 23.1 Å². The Morgan fingerprint density at radius 2 is 1.88 bits per heavy atom. The van der Waals surface area contributed by atoms with Crippen LogP contribution in [0, 0.1) is 28.7 Å². The van der Waals surface area contributed by atoms with E-state index >= 15 is 0 Å². The largest absolute Gasteiger partial charge is 0.481 e. The highest BCUT2D eigenvalue weighted by Crippen LogP contribution is 2.24. The molecule has 0 bridgehead atoms. The first-order valence-corrected chi connectivity index (χ1v) is 6.96. The second-order valence-electron chi connectivity index (χ2n) is 5.05. The Hall–Kier alpha value is -3.03. The van der Waals surface area contributed by atoms with Gasteiger partial charge in [0.05, 0.1) is 4.92 Å². The van der Waals surface area contributed by atoms with Crippen LogP contribution in [0.15, 0.2) is 36.4 Å². The zero-order valence-corrected chi connectivity index (χ0v) is 12.9. The summed E-state index contributed by atoms with van der Waals surface area (Å²) in [4.78, 5) is 22.2. The van der Waals surface area contributed by atoms with Gasteiger partial charge < -0.3 is 10.1 Å². The maximum Gasteiger partial charge on any atom is 0.272 e. The van der Waals surface area contributed by atoms with Crippen LogP contribution in [0.1, 0.15) is 12.5 Å². The number of halogens is 2. The molecule has 0 saturated carbocycles. The SMILES string of the molecule is Cc1cc(O[C@H](C)C(=O)Nc2c(F)cccc2F)ccc1[N+](=O)[O-]. The average Bonchev–Trinajstić information content (AvgIpc) is 2.50. The van der Waals surface area contributed by atoms with E-state index in [1.807, 2.05) is 0 Å². The Kier molecular flexibility index (Phi) is 5.08. The highest BCUT2D eigenvalue weighted by atomic mass is 19.1. The van der Waals surface area contributed by atoms with Crippen LogP contribution in [-0.2, 0) is 4.79 Å². The van der Waals surface area contributed by atoms with Crippen LogP contribution in [0.4, 0.5) is 20.2 Å². The van der Waals surface area contributed by atoms with Crippen molar-refractivity contribution in [3.8, 4) is 5.75 Å². The fourth-order valence-corrected chi connectivity index (χ4v) is 2.01. The lowest BCUT2D eigenvalue weighted by Gasteiger charge is -2.15. The lowest BCUT2D eigenvalue weighted by atomic mass is 10.2. The first-order valence-electron chi connectivity index (χ1n) is 6.96. The molecular weight excluding hydrogens is 322 g/mol. The van der Waals surface area contributed by atoms with E-state index in [4.69, 9.17) is 4.74 Å². The molecule has 0 aliphatic heterocycles. The lowest BCUT2D eigenvalue weighted by molar-refractivity contribution is -0.385. The van der Waals surface area contributed by atoms with Crippen molar-refractivity contribution in [3.63, 3.8) is 0 Å². The molecule has 24 heavy (non-hydrogen) atoms. The molecule has 0 radical (unpaired) electrons. The Labute approximate surface area is 136 Å². The van der Waals surface area contributed by atoms with Crippen LogP contribution in [-0.4, -0.2) is 16.9 Å². The van der Waals surface area contributed by atoms with Crippen molar-refractivity contribution in [1.82, 2.24) is 0 Å². The van der Waals surface area contributed by atoms with Crippen molar-refractivity contribution in [2.45, 2.75) is 20.0 Å². The number of amides is 1. The van der Waals surface area contributed by atoms with Gasteiger partial charge in [0.25, 0.3) is 11.6 Å². The summed E-state index contributed by atoms with van der Waals surface area (Å²) in [6.45, 7) is 2.93. The summed E-state index contributed by atoms with van der Waals surface area (Å²) in [5.41, 5.74) is -0.268. The van der Waals surface area contributed by atoms with E-state index in [1.165, 1.54) is 38.1 Å². The van der Waals surface area contributed by atoms with Crippen molar-refractivity contribution in [3.05, 3.63) is 63.7 Å². The standard InChI is InChI=1S/C16H14F2N2O4/c1-9-8-11(6-7-14(9)20(22)23)24-10(2)16(21)19-15-12(17)4-3-5-13(15)18/h3-8,10H,1-2H3,(H,19,21)/t10-/m1/s1. The maximum atomic E-state index is 13.5. The van der Waals surface area contributed by atoms with Gasteiger partial charge in [0.15, 0.2) is 6.10 Å². The van der Waals surface area contributed by atoms with Crippen molar-refractivity contribution in [2.75, 3.05) is 5.32 Å². The van der Waals surface area contributed by atoms with Crippen molar-refractivity contribution >= 4 is 17.3 Å². The topological polar surface area (TPSA) is 81.5 Å². The third-order valence-electron chi connectivity index (χ3n) is 3.26. The number of anilines is 1. The lowest BCUT2D eigenvalue weighted by Crippen LogP contribution is -2.30. The Bertz CT molecular complexity index is 775. The summed E-state index contributed by atoms with van der Waals surface area (Å²) in [6, 6.07) is 7.23. The van der Waals surface area contributed by atoms with E-state index in [0.29, 0.717) is 5.56 Å². The number of nitrogens with one attached hydrogen (secondary N) is 1. The summed E-state index contributed by atoms with van der Waals surface area (Å²) >= 11 is 0. The number of nitro benzene ring substituents is 1. The molecule has 8 heteroatoms. The van der Waals surface area contributed by atoms with E-state index in [1.54, 1.807) is 0 Å². The van der Waals surface area contributed by atoms with Crippen molar-refractivity contribution < 1.29 is 23.2 Å². The number of benzene rings is 2. The van der Waals surface area contributed by atoms with Crippen LogP contribution >= 0.6 is 0 Å². The van der Waals surface area contributed by atoms with E-state index in [0.717, 1.165) is 12.1 Å². The Morgan fingerprint density at radius 3 is 2.42 bits per heavy atom. The Morgan fingerprint density at radius 1 is 1.25 bits per heavy atom. The molecule has 1 atom stereocenters. The smallest absolute Gasteiger partial charge is 0.272 e. The monoisotopic (exact) mass is 336 g/mol. The molecule has 6 nitrogen and oxygen atoms in total. The van der Waals surface area contributed by atoms with Gasteiger partial charge in [-0.2, -0.15) is 0 Å². The number of hydrogen-bond donors (Lipinski definition) is 1. The van der Waals surface area contributed by atoms with Gasteiger partial charge >= 0.3 is 0 Å². The molecule has 0 fully saturated rings. The van der Waals surface area contributed by atoms with E-state index < -0.39 is 34.3 Å². The molecule has 126 valence electrons. The number of nitro groups is 1. The second kappa shape index (κ2) is 7.03. The molecule has 0 unspecified atom stereocenters. The number of carbonyl (C=O) groups excluding carboxylic acids is 1. The van der Waals surface area contributed by atoms with Crippen LogP contribution in [0.3, 0.4) is 0 Å². The summed E-state index contributed by atoms with van der Waals surface area (Å²) in [6.07, 6.45) is -1.06. The maximum absolute atomic E-state index is 13.5. The molecule has 0 aromatic heterocycles. The highest BCUT2D eigenvalue weighted by molar-refractivity contribution is 5.94. The predicted molar refractivity (Wildman–Crippen MR) is 82.9 cm³/mol. The number of para-hydroxylation sites is 1. The normalized spacial score (nSPS) is 11.7. The van der Waals surface area contributed by atoms with Crippen LogP contribution in [0.5, 0.6) is 5.75 Å². The van der Waals surface area contributed by atoms with Crippen LogP contribution in [0.2, 0.25) is 0 Å². The average molecular weight is 336 g/mol. The first-order chi connectivity index (χ1) is 11.3. The molecule has 2 aromatic rings. The fourth-order valence-electron chi connectivity index (χ4n) is 2.01. The molecule has 0 aliphatic carbocycles. The minimum absolute atomic E-state index is 0.0760. The summed E-state index contributed by atoms with van der Waals surface area (Å²) in [5, 5.41) is 12.9. The molecule has 1 amide bonds. The number of nitrogens with zero attached hydrogens (tertiary/aromatic N) is 1. The quantitative estimate of drug-likeness (QED) is 0.668. The van der Waals surface area contributed by atoms with Crippen LogP contribution in [0.25, 0.3) is 0 Å². The van der Waals surface area contributed by atoms with Gasteiger partial charge in [-0.1, -0.05) is 6.07 Å². The third-order valence-corrected chi connectivity index (χ3v) is 3.26. The minimum atomic E-state index is -1.06. The van der Waals surface area contributed by atoms with Gasteiger partial charge in [-0.05, 0) is 38.1 Å². The fraction of sp³-hybridized carbons (Fsp3) is 0.188. The van der Waals surface area contributed by atoms with Gasteiger partial charge in [-0.15, -0.1) is 0 Å². The molecular formula is C16H14F2N2O4. The minimum Gasteiger partial charge on any atom is -0.481 e. The molecule has 0 spiro atoms. The first kappa shape index (κ1) is 17.3. The van der Waals surface area contributed by atoms with E-state index in [9.17, 15) is 23.7 Å². The zero-order chi connectivity index (χ0) is 17.9. The number of hydrogen-bond acceptors (Lipinski definition) is 4. The molecule has 2 aromatic carbocycles. The van der Waals surface area contributed by atoms with Gasteiger partial charge in [-0.25, -0.2) is 8.78 Å². The van der Waals surface area contributed by atoms with Gasteiger partial charge in [-0.3, -0.25) is 14.9 Å². The number of carbonyl (C=O) groups is 1. The predicted octanol–water partition coefficient (Wildman–Crippen LogP) is 3.59.